The second-order valence-electron chi connectivity index (χ2n) is 3.88. The van der Waals surface area contributed by atoms with Crippen LogP contribution in [0.15, 0.2) is 47.1 Å². The van der Waals surface area contributed by atoms with E-state index in [0.717, 1.165) is 16.5 Å². The van der Waals surface area contributed by atoms with Gasteiger partial charge in [0.1, 0.15) is 6.61 Å². The number of ether oxygens (including phenoxy) is 1. The molecule has 0 aliphatic heterocycles. The van der Waals surface area contributed by atoms with E-state index >= 15 is 0 Å². The Balaban J connectivity index is 1.99. The van der Waals surface area contributed by atoms with Gasteiger partial charge in [-0.15, -0.1) is 0 Å². The molecule has 0 saturated carbocycles. The van der Waals surface area contributed by atoms with Crippen molar-refractivity contribution in [2.45, 2.75) is 6.42 Å². The smallest absolute Gasteiger partial charge is 0.213 e. The Morgan fingerprint density at radius 1 is 1.06 bits per heavy atom. The molecule has 0 fully saturated rings. The van der Waals surface area contributed by atoms with Crippen LogP contribution >= 0.6 is 15.9 Å². The van der Waals surface area contributed by atoms with Crippen molar-refractivity contribution in [2.24, 2.45) is 0 Å². The molecule has 94 valence electrons. The maximum Gasteiger partial charge on any atom is 0.213 e. The maximum absolute atomic E-state index is 8.64. The van der Waals surface area contributed by atoms with E-state index < -0.39 is 0 Å². The number of rotatable bonds is 5. The average Bonchev–Trinajstić information content (AvgIpc) is 2.41. The van der Waals surface area contributed by atoms with Crippen LogP contribution in [0.25, 0.3) is 0 Å². The lowest BCUT2D eigenvalue weighted by Crippen LogP contribution is -2.03. The van der Waals surface area contributed by atoms with Crippen molar-refractivity contribution in [3.63, 3.8) is 0 Å². The van der Waals surface area contributed by atoms with Crippen molar-refractivity contribution >= 4 is 15.9 Å². The SMILES string of the molecule is OCCOc1ccc(Cc2ccc(Br)cc2)cn1. The van der Waals surface area contributed by atoms with Gasteiger partial charge in [0, 0.05) is 16.7 Å². The summed E-state index contributed by atoms with van der Waals surface area (Å²) in [6, 6.07) is 12.0. The Bertz CT molecular complexity index is 482. The van der Waals surface area contributed by atoms with Gasteiger partial charge in [-0.05, 0) is 29.7 Å². The monoisotopic (exact) mass is 307 g/mol. The van der Waals surface area contributed by atoms with Crippen molar-refractivity contribution in [3.05, 3.63) is 58.2 Å². The van der Waals surface area contributed by atoms with Gasteiger partial charge in [-0.3, -0.25) is 0 Å². The van der Waals surface area contributed by atoms with Crippen molar-refractivity contribution in [3.8, 4) is 5.88 Å². The molecule has 0 saturated heterocycles. The van der Waals surface area contributed by atoms with Crippen molar-refractivity contribution in [2.75, 3.05) is 13.2 Å². The predicted octanol–water partition coefficient (Wildman–Crippen LogP) is 2.81. The fourth-order valence-corrected chi connectivity index (χ4v) is 1.85. The topological polar surface area (TPSA) is 42.4 Å². The summed E-state index contributed by atoms with van der Waals surface area (Å²) >= 11 is 3.42. The first kappa shape index (κ1) is 13.1. The molecule has 0 aliphatic rings. The van der Waals surface area contributed by atoms with Crippen LogP contribution in [0.4, 0.5) is 0 Å². The third-order valence-corrected chi connectivity index (χ3v) is 2.99. The number of aromatic nitrogens is 1. The number of nitrogens with zero attached hydrogens (tertiary/aromatic N) is 1. The zero-order valence-corrected chi connectivity index (χ0v) is 11.4. The van der Waals surface area contributed by atoms with E-state index in [0.29, 0.717) is 5.88 Å². The molecule has 2 rings (SSSR count). The van der Waals surface area contributed by atoms with E-state index in [1.807, 2.05) is 24.3 Å². The molecule has 1 heterocycles. The summed E-state index contributed by atoms with van der Waals surface area (Å²) in [4.78, 5) is 4.19. The zero-order chi connectivity index (χ0) is 12.8. The molecule has 0 unspecified atom stereocenters. The van der Waals surface area contributed by atoms with E-state index in [1.54, 1.807) is 6.20 Å². The first-order valence-corrected chi connectivity index (χ1v) is 6.50. The predicted molar refractivity (Wildman–Crippen MR) is 73.8 cm³/mol. The molecule has 0 atom stereocenters. The van der Waals surface area contributed by atoms with Crippen LogP contribution in [0.2, 0.25) is 0 Å². The summed E-state index contributed by atoms with van der Waals surface area (Å²) in [7, 11) is 0. The highest BCUT2D eigenvalue weighted by Crippen LogP contribution is 2.15. The van der Waals surface area contributed by atoms with E-state index in [2.05, 4.69) is 33.0 Å². The van der Waals surface area contributed by atoms with Crippen molar-refractivity contribution in [1.82, 2.24) is 4.98 Å². The fraction of sp³-hybridized carbons (Fsp3) is 0.214. The Hall–Kier alpha value is -1.39. The third-order valence-electron chi connectivity index (χ3n) is 2.46. The minimum atomic E-state index is 0.00231. The first-order valence-electron chi connectivity index (χ1n) is 5.71. The highest BCUT2D eigenvalue weighted by Gasteiger charge is 1.99. The molecule has 0 bridgehead atoms. The van der Waals surface area contributed by atoms with Crippen LogP contribution in [0.3, 0.4) is 0 Å². The Kier molecular flexibility index (Phi) is 4.73. The molecule has 0 radical (unpaired) electrons. The van der Waals surface area contributed by atoms with Crippen LogP contribution in [0.1, 0.15) is 11.1 Å². The van der Waals surface area contributed by atoms with Gasteiger partial charge in [-0.2, -0.15) is 0 Å². The van der Waals surface area contributed by atoms with Gasteiger partial charge in [0.15, 0.2) is 0 Å². The quantitative estimate of drug-likeness (QED) is 0.923. The molecule has 0 amide bonds. The molecular weight excluding hydrogens is 294 g/mol. The van der Waals surface area contributed by atoms with E-state index in [9.17, 15) is 0 Å². The zero-order valence-electron chi connectivity index (χ0n) is 9.84. The van der Waals surface area contributed by atoms with Gasteiger partial charge in [0.25, 0.3) is 0 Å². The van der Waals surface area contributed by atoms with Crippen LogP contribution in [-0.4, -0.2) is 23.3 Å². The summed E-state index contributed by atoms with van der Waals surface area (Å²) in [5, 5.41) is 8.64. The maximum atomic E-state index is 8.64. The summed E-state index contributed by atoms with van der Waals surface area (Å²) in [6.45, 7) is 0.279. The molecule has 0 aliphatic carbocycles. The molecule has 1 N–H and O–H groups in total. The lowest BCUT2D eigenvalue weighted by Gasteiger charge is -2.05. The van der Waals surface area contributed by atoms with Gasteiger partial charge in [0.2, 0.25) is 5.88 Å². The number of halogens is 1. The van der Waals surface area contributed by atoms with Crippen molar-refractivity contribution < 1.29 is 9.84 Å². The van der Waals surface area contributed by atoms with Gasteiger partial charge in [0.05, 0.1) is 6.61 Å². The fourth-order valence-electron chi connectivity index (χ4n) is 1.59. The Labute approximate surface area is 115 Å². The number of aliphatic hydroxyl groups excluding tert-OH is 1. The lowest BCUT2D eigenvalue weighted by molar-refractivity contribution is 0.196. The minimum Gasteiger partial charge on any atom is -0.475 e. The van der Waals surface area contributed by atoms with E-state index in [1.165, 1.54) is 5.56 Å². The summed E-state index contributed by atoms with van der Waals surface area (Å²) in [6.07, 6.45) is 2.65. The molecule has 4 heteroatoms. The second-order valence-corrected chi connectivity index (χ2v) is 4.80. The number of benzene rings is 1. The third kappa shape index (κ3) is 3.82. The highest BCUT2D eigenvalue weighted by molar-refractivity contribution is 9.10. The Morgan fingerprint density at radius 2 is 1.78 bits per heavy atom. The number of pyridine rings is 1. The Morgan fingerprint density at radius 3 is 2.39 bits per heavy atom. The molecule has 1 aromatic carbocycles. The summed E-state index contributed by atoms with van der Waals surface area (Å²) < 4.78 is 6.29. The van der Waals surface area contributed by atoms with Gasteiger partial charge in [-0.1, -0.05) is 34.1 Å². The standard InChI is InChI=1S/C14H14BrNO2/c15-13-4-1-11(2-5-13)9-12-3-6-14(16-10-12)18-8-7-17/h1-6,10,17H,7-9H2. The number of aliphatic hydroxyl groups is 1. The molecule has 1 aromatic heterocycles. The summed E-state index contributed by atoms with van der Waals surface area (Å²) in [5.74, 6) is 0.545. The first-order chi connectivity index (χ1) is 8.78. The second kappa shape index (κ2) is 6.52. The van der Waals surface area contributed by atoms with Crippen molar-refractivity contribution in [1.29, 1.82) is 0 Å². The van der Waals surface area contributed by atoms with Crippen LogP contribution < -0.4 is 4.74 Å². The van der Waals surface area contributed by atoms with Gasteiger partial charge in [-0.25, -0.2) is 4.98 Å². The molecular formula is C14H14BrNO2. The van der Waals surface area contributed by atoms with Crippen LogP contribution in [-0.2, 0) is 6.42 Å². The number of hydrogen-bond acceptors (Lipinski definition) is 3. The highest BCUT2D eigenvalue weighted by atomic mass is 79.9. The number of hydrogen-bond donors (Lipinski definition) is 1. The normalized spacial score (nSPS) is 10.3. The summed E-state index contributed by atoms with van der Waals surface area (Å²) in [5.41, 5.74) is 2.37. The van der Waals surface area contributed by atoms with Gasteiger partial charge < -0.3 is 9.84 Å². The molecule has 2 aromatic rings. The van der Waals surface area contributed by atoms with Crippen LogP contribution in [0, 0.1) is 0 Å². The lowest BCUT2D eigenvalue weighted by atomic mass is 10.1. The molecule has 3 nitrogen and oxygen atoms in total. The average molecular weight is 308 g/mol. The van der Waals surface area contributed by atoms with Crippen LogP contribution in [0.5, 0.6) is 5.88 Å². The molecule has 0 spiro atoms. The minimum absolute atomic E-state index is 0.00231. The molecule has 18 heavy (non-hydrogen) atoms. The van der Waals surface area contributed by atoms with E-state index in [-0.39, 0.29) is 13.2 Å². The largest absolute Gasteiger partial charge is 0.475 e. The van der Waals surface area contributed by atoms with Gasteiger partial charge >= 0.3 is 0 Å². The van der Waals surface area contributed by atoms with E-state index in [4.69, 9.17) is 9.84 Å².